The molecule has 1 N–H and O–H groups in total. The molecule has 0 amide bonds. The normalized spacial score (nSPS) is 12.6. The van der Waals surface area contributed by atoms with Gasteiger partial charge in [0, 0.05) is 23.0 Å². The minimum absolute atomic E-state index is 0.300. The van der Waals surface area contributed by atoms with Gasteiger partial charge in [-0.1, -0.05) is 23.7 Å². The SMILES string of the molecule is Cc1nc(CNC(C)c2ccc(Cl)cc2)cs1. The van der Waals surface area contributed by atoms with E-state index in [4.69, 9.17) is 11.6 Å². The standard InChI is InChI=1S/C13H15ClN2S/c1-9(11-3-5-12(14)6-4-11)15-7-13-8-17-10(2)16-13/h3-6,8-9,15H,7H2,1-2H3. The van der Waals surface area contributed by atoms with E-state index < -0.39 is 0 Å². The lowest BCUT2D eigenvalue weighted by molar-refractivity contribution is 0.569. The predicted octanol–water partition coefficient (Wildman–Crippen LogP) is 3.96. The highest BCUT2D eigenvalue weighted by molar-refractivity contribution is 7.09. The van der Waals surface area contributed by atoms with Gasteiger partial charge >= 0.3 is 0 Å². The molecule has 1 atom stereocenters. The lowest BCUT2D eigenvalue weighted by atomic mass is 10.1. The Hall–Kier alpha value is -0.900. The third-order valence-electron chi connectivity index (χ3n) is 2.63. The van der Waals surface area contributed by atoms with Crippen LogP contribution >= 0.6 is 22.9 Å². The van der Waals surface area contributed by atoms with Gasteiger partial charge in [0.05, 0.1) is 10.7 Å². The Morgan fingerprint density at radius 3 is 2.65 bits per heavy atom. The summed E-state index contributed by atoms with van der Waals surface area (Å²) in [6.07, 6.45) is 0. The third-order valence-corrected chi connectivity index (χ3v) is 3.70. The fourth-order valence-electron chi connectivity index (χ4n) is 1.62. The molecule has 90 valence electrons. The van der Waals surface area contributed by atoms with Crippen LogP contribution in [0.25, 0.3) is 0 Å². The van der Waals surface area contributed by atoms with E-state index in [9.17, 15) is 0 Å². The zero-order valence-corrected chi connectivity index (χ0v) is 11.5. The van der Waals surface area contributed by atoms with Crippen molar-refractivity contribution < 1.29 is 0 Å². The number of benzene rings is 1. The van der Waals surface area contributed by atoms with Crippen LogP contribution in [0, 0.1) is 6.92 Å². The highest BCUT2D eigenvalue weighted by atomic mass is 35.5. The molecule has 2 rings (SSSR count). The van der Waals surface area contributed by atoms with Gasteiger partial charge in [-0.2, -0.15) is 0 Å². The average Bonchev–Trinajstić information content (AvgIpc) is 2.73. The Labute approximate surface area is 111 Å². The predicted molar refractivity (Wildman–Crippen MR) is 73.6 cm³/mol. The molecule has 0 bridgehead atoms. The zero-order valence-electron chi connectivity index (χ0n) is 9.90. The summed E-state index contributed by atoms with van der Waals surface area (Å²) in [5.74, 6) is 0. The number of hydrogen-bond acceptors (Lipinski definition) is 3. The fraction of sp³-hybridized carbons (Fsp3) is 0.308. The minimum Gasteiger partial charge on any atom is -0.305 e. The van der Waals surface area contributed by atoms with Gasteiger partial charge < -0.3 is 5.32 Å². The van der Waals surface area contributed by atoms with E-state index in [1.807, 2.05) is 31.2 Å². The average molecular weight is 267 g/mol. The van der Waals surface area contributed by atoms with Gasteiger partial charge in [-0.15, -0.1) is 11.3 Å². The van der Waals surface area contributed by atoms with Gasteiger partial charge in [-0.25, -0.2) is 4.98 Å². The summed E-state index contributed by atoms with van der Waals surface area (Å²) in [7, 11) is 0. The number of thiazole rings is 1. The van der Waals surface area contributed by atoms with E-state index in [2.05, 4.69) is 22.6 Å². The first-order chi connectivity index (χ1) is 8.15. The quantitative estimate of drug-likeness (QED) is 0.906. The minimum atomic E-state index is 0.300. The van der Waals surface area contributed by atoms with Crippen LogP contribution in [0.15, 0.2) is 29.6 Å². The van der Waals surface area contributed by atoms with Crippen LogP contribution < -0.4 is 5.32 Å². The first kappa shape index (κ1) is 12.6. The zero-order chi connectivity index (χ0) is 12.3. The molecular formula is C13H15ClN2S. The van der Waals surface area contributed by atoms with Crippen molar-refractivity contribution in [3.8, 4) is 0 Å². The Morgan fingerprint density at radius 2 is 2.06 bits per heavy atom. The maximum atomic E-state index is 5.86. The molecule has 1 aromatic heterocycles. The number of nitrogens with one attached hydrogen (secondary N) is 1. The van der Waals surface area contributed by atoms with Crippen LogP contribution in [-0.2, 0) is 6.54 Å². The summed E-state index contributed by atoms with van der Waals surface area (Å²) in [5.41, 5.74) is 2.34. The van der Waals surface area contributed by atoms with Crippen molar-refractivity contribution in [3.63, 3.8) is 0 Å². The number of halogens is 1. The van der Waals surface area contributed by atoms with Gasteiger partial charge in [-0.05, 0) is 31.5 Å². The summed E-state index contributed by atoms with van der Waals surface area (Å²) in [4.78, 5) is 4.43. The molecule has 0 fully saturated rings. The maximum absolute atomic E-state index is 5.86. The first-order valence-corrected chi connectivity index (χ1v) is 6.81. The second-order valence-electron chi connectivity index (χ2n) is 4.01. The summed E-state index contributed by atoms with van der Waals surface area (Å²) < 4.78 is 0. The van der Waals surface area contributed by atoms with Gasteiger partial charge in [0.25, 0.3) is 0 Å². The van der Waals surface area contributed by atoms with E-state index in [0.717, 1.165) is 22.3 Å². The van der Waals surface area contributed by atoms with Crippen LogP contribution in [-0.4, -0.2) is 4.98 Å². The smallest absolute Gasteiger partial charge is 0.0897 e. The van der Waals surface area contributed by atoms with Crippen molar-refractivity contribution in [2.45, 2.75) is 26.4 Å². The number of nitrogens with zero attached hydrogens (tertiary/aromatic N) is 1. The molecule has 1 aromatic carbocycles. The van der Waals surface area contributed by atoms with E-state index in [1.165, 1.54) is 5.56 Å². The second kappa shape index (κ2) is 5.63. The van der Waals surface area contributed by atoms with Crippen LogP contribution in [0.4, 0.5) is 0 Å². The maximum Gasteiger partial charge on any atom is 0.0897 e. The Kier molecular flexibility index (Phi) is 4.15. The van der Waals surface area contributed by atoms with Crippen LogP contribution in [0.3, 0.4) is 0 Å². The van der Waals surface area contributed by atoms with Gasteiger partial charge in [0.15, 0.2) is 0 Å². The molecule has 2 aromatic rings. The number of rotatable bonds is 4. The van der Waals surface area contributed by atoms with Crippen molar-refractivity contribution in [1.29, 1.82) is 0 Å². The third kappa shape index (κ3) is 3.53. The summed E-state index contributed by atoms with van der Waals surface area (Å²) in [6, 6.07) is 8.23. The van der Waals surface area contributed by atoms with Crippen LogP contribution in [0.1, 0.15) is 29.2 Å². The van der Waals surface area contributed by atoms with Crippen LogP contribution in [0.5, 0.6) is 0 Å². The largest absolute Gasteiger partial charge is 0.305 e. The lowest BCUT2D eigenvalue weighted by Gasteiger charge is -2.13. The van der Waals surface area contributed by atoms with Gasteiger partial charge in [0.2, 0.25) is 0 Å². The molecule has 0 saturated heterocycles. The molecule has 0 spiro atoms. The molecule has 1 heterocycles. The summed E-state index contributed by atoms with van der Waals surface area (Å²) >= 11 is 7.55. The highest BCUT2D eigenvalue weighted by Crippen LogP contribution is 2.16. The number of aryl methyl sites for hydroxylation is 1. The molecule has 0 aliphatic carbocycles. The molecule has 0 aliphatic heterocycles. The second-order valence-corrected chi connectivity index (χ2v) is 5.51. The monoisotopic (exact) mass is 266 g/mol. The van der Waals surface area contributed by atoms with Gasteiger partial charge in [0.1, 0.15) is 0 Å². The topological polar surface area (TPSA) is 24.9 Å². The number of aromatic nitrogens is 1. The Morgan fingerprint density at radius 1 is 1.35 bits per heavy atom. The van der Waals surface area contributed by atoms with Crippen molar-refractivity contribution >= 4 is 22.9 Å². The van der Waals surface area contributed by atoms with E-state index in [1.54, 1.807) is 11.3 Å². The van der Waals surface area contributed by atoms with E-state index >= 15 is 0 Å². The number of hydrogen-bond donors (Lipinski definition) is 1. The Balaban J connectivity index is 1.93. The summed E-state index contributed by atoms with van der Waals surface area (Å²) in [6.45, 7) is 4.97. The molecule has 0 aliphatic rings. The Bertz CT molecular complexity index is 478. The first-order valence-electron chi connectivity index (χ1n) is 5.55. The molecule has 0 saturated carbocycles. The molecule has 1 unspecified atom stereocenters. The fourth-order valence-corrected chi connectivity index (χ4v) is 2.35. The van der Waals surface area contributed by atoms with Gasteiger partial charge in [-0.3, -0.25) is 0 Å². The molecule has 2 nitrogen and oxygen atoms in total. The van der Waals surface area contributed by atoms with Crippen molar-refractivity contribution in [2.24, 2.45) is 0 Å². The molecule has 0 radical (unpaired) electrons. The van der Waals surface area contributed by atoms with Crippen molar-refractivity contribution in [1.82, 2.24) is 10.3 Å². The molecule has 17 heavy (non-hydrogen) atoms. The van der Waals surface area contributed by atoms with E-state index in [0.29, 0.717) is 6.04 Å². The van der Waals surface area contributed by atoms with E-state index in [-0.39, 0.29) is 0 Å². The molecular weight excluding hydrogens is 252 g/mol. The summed E-state index contributed by atoms with van der Waals surface area (Å²) in [5, 5.41) is 7.43. The van der Waals surface area contributed by atoms with Crippen molar-refractivity contribution in [2.75, 3.05) is 0 Å². The van der Waals surface area contributed by atoms with Crippen LogP contribution in [0.2, 0.25) is 5.02 Å². The lowest BCUT2D eigenvalue weighted by Crippen LogP contribution is -2.18. The van der Waals surface area contributed by atoms with Crippen molar-refractivity contribution in [3.05, 3.63) is 50.9 Å². The highest BCUT2D eigenvalue weighted by Gasteiger charge is 2.05. The molecule has 4 heteroatoms.